The fourth-order valence-corrected chi connectivity index (χ4v) is 4.30. The number of anilines is 1. The van der Waals surface area contributed by atoms with Crippen molar-refractivity contribution < 1.29 is 33.3 Å². The molecule has 1 spiro atoms. The molecule has 0 unspecified atom stereocenters. The van der Waals surface area contributed by atoms with Crippen molar-refractivity contribution in [3.63, 3.8) is 0 Å². The predicted molar refractivity (Wildman–Crippen MR) is 124 cm³/mol. The van der Waals surface area contributed by atoms with E-state index in [1.165, 1.54) is 14.2 Å². The molecule has 180 valence electrons. The van der Waals surface area contributed by atoms with Gasteiger partial charge in [-0.25, -0.2) is 0 Å². The number of methoxy groups -OCH3 is 2. The topological polar surface area (TPSA) is 103 Å². The maximum Gasteiger partial charge on any atom is 0.262 e. The molecule has 0 aromatic heterocycles. The number of ether oxygens (including phenoxy) is 4. The highest BCUT2D eigenvalue weighted by atomic mass is 16.5. The summed E-state index contributed by atoms with van der Waals surface area (Å²) < 4.78 is 22.4. The first-order valence-corrected chi connectivity index (χ1v) is 11.1. The van der Waals surface area contributed by atoms with Gasteiger partial charge in [0.05, 0.1) is 26.2 Å². The van der Waals surface area contributed by atoms with Gasteiger partial charge in [0.15, 0.2) is 12.4 Å². The normalized spacial score (nSPS) is 16.3. The third-order valence-corrected chi connectivity index (χ3v) is 6.19. The summed E-state index contributed by atoms with van der Waals surface area (Å²) in [5, 5.41) is 2.75. The second kappa shape index (κ2) is 9.62. The molecule has 1 saturated heterocycles. The molecule has 0 radical (unpaired) electrons. The van der Waals surface area contributed by atoms with Crippen LogP contribution in [0.2, 0.25) is 0 Å². The molecule has 0 atom stereocenters. The van der Waals surface area contributed by atoms with Crippen LogP contribution < -0.4 is 24.3 Å². The maximum atomic E-state index is 12.8. The summed E-state index contributed by atoms with van der Waals surface area (Å²) >= 11 is 0. The molecule has 4 rings (SSSR count). The van der Waals surface area contributed by atoms with Crippen LogP contribution in [0.15, 0.2) is 36.4 Å². The number of likely N-dealkylation sites (tertiary alicyclic amines) is 1. The largest absolute Gasteiger partial charge is 0.497 e. The summed E-state index contributed by atoms with van der Waals surface area (Å²) in [6.45, 7) is 2.43. The van der Waals surface area contributed by atoms with E-state index in [9.17, 15) is 14.4 Å². The zero-order chi connectivity index (χ0) is 24.3. The Morgan fingerprint density at radius 2 is 1.71 bits per heavy atom. The van der Waals surface area contributed by atoms with Crippen LogP contribution in [-0.2, 0) is 9.59 Å². The van der Waals surface area contributed by atoms with Crippen LogP contribution in [0.25, 0.3) is 0 Å². The number of rotatable bonds is 6. The van der Waals surface area contributed by atoms with Gasteiger partial charge in [-0.1, -0.05) is 0 Å². The Balaban J connectivity index is 1.40. The Bertz CT molecular complexity index is 1080. The summed E-state index contributed by atoms with van der Waals surface area (Å²) in [5.41, 5.74) is 0.403. The second-order valence-electron chi connectivity index (χ2n) is 8.49. The van der Waals surface area contributed by atoms with Gasteiger partial charge in [0.2, 0.25) is 5.91 Å². The van der Waals surface area contributed by atoms with Gasteiger partial charge in [-0.15, -0.1) is 0 Å². The Morgan fingerprint density at radius 1 is 1.03 bits per heavy atom. The molecule has 2 amide bonds. The van der Waals surface area contributed by atoms with Gasteiger partial charge in [-0.3, -0.25) is 14.4 Å². The third kappa shape index (κ3) is 5.08. The molecule has 2 aromatic carbocycles. The average Bonchev–Trinajstić information content (AvgIpc) is 2.82. The smallest absolute Gasteiger partial charge is 0.262 e. The first-order valence-electron chi connectivity index (χ1n) is 11.1. The van der Waals surface area contributed by atoms with E-state index in [0.717, 1.165) is 0 Å². The van der Waals surface area contributed by atoms with Crippen LogP contribution >= 0.6 is 0 Å². The Morgan fingerprint density at radius 3 is 2.32 bits per heavy atom. The molecule has 0 aliphatic carbocycles. The van der Waals surface area contributed by atoms with Crippen LogP contribution in [0.4, 0.5) is 5.69 Å². The number of amides is 2. The Hall–Kier alpha value is -3.75. The van der Waals surface area contributed by atoms with Crippen molar-refractivity contribution in [3.8, 4) is 23.0 Å². The van der Waals surface area contributed by atoms with E-state index in [-0.39, 0.29) is 24.2 Å². The van der Waals surface area contributed by atoms with Crippen molar-refractivity contribution in [2.24, 2.45) is 0 Å². The van der Waals surface area contributed by atoms with Crippen LogP contribution in [-0.4, -0.2) is 62.0 Å². The van der Waals surface area contributed by atoms with E-state index in [1.807, 2.05) is 0 Å². The van der Waals surface area contributed by atoms with E-state index in [2.05, 4.69) is 5.32 Å². The maximum absolute atomic E-state index is 12.8. The van der Waals surface area contributed by atoms with Crippen molar-refractivity contribution in [2.75, 3.05) is 39.2 Å². The van der Waals surface area contributed by atoms with Crippen LogP contribution in [0.1, 0.15) is 36.5 Å². The number of benzene rings is 2. The van der Waals surface area contributed by atoms with Crippen molar-refractivity contribution in [1.82, 2.24) is 4.90 Å². The molecule has 2 aliphatic rings. The Kier molecular flexibility index (Phi) is 6.63. The van der Waals surface area contributed by atoms with Crippen molar-refractivity contribution in [3.05, 3.63) is 42.0 Å². The van der Waals surface area contributed by atoms with Crippen LogP contribution in [0.5, 0.6) is 23.0 Å². The second-order valence-corrected chi connectivity index (χ2v) is 8.49. The lowest BCUT2D eigenvalue weighted by atomic mass is 9.82. The lowest BCUT2D eigenvalue weighted by Crippen LogP contribution is -2.51. The zero-order valence-corrected chi connectivity index (χ0v) is 19.5. The van der Waals surface area contributed by atoms with Crippen molar-refractivity contribution in [2.45, 2.75) is 31.8 Å². The summed E-state index contributed by atoms with van der Waals surface area (Å²) in [6, 6.07) is 10.0. The number of hydrogen-bond acceptors (Lipinski definition) is 7. The summed E-state index contributed by atoms with van der Waals surface area (Å²) in [7, 11) is 3.06. The minimum absolute atomic E-state index is 0.00814. The highest BCUT2D eigenvalue weighted by Crippen LogP contribution is 2.40. The van der Waals surface area contributed by atoms with Crippen LogP contribution in [0.3, 0.4) is 0 Å². The van der Waals surface area contributed by atoms with E-state index >= 15 is 0 Å². The van der Waals surface area contributed by atoms with E-state index in [4.69, 9.17) is 18.9 Å². The minimum atomic E-state index is -0.614. The highest BCUT2D eigenvalue weighted by molar-refractivity contribution is 6.00. The van der Waals surface area contributed by atoms with E-state index in [0.29, 0.717) is 66.6 Å². The summed E-state index contributed by atoms with van der Waals surface area (Å²) in [6.07, 6.45) is 1.48. The van der Waals surface area contributed by atoms with Crippen molar-refractivity contribution in [1.29, 1.82) is 0 Å². The number of fused-ring (bicyclic) bond motifs is 1. The number of ketones is 1. The molecular formula is C25H28N2O7. The zero-order valence-electron chi connectivity index (χ0n) is 19.5. The molecular weight excluding hydrogens is 440 g/mol. The molecule has 1 N–H and O–H groups in total. The molecule has 9 nitrogen and oxygen atoms in total. The summed E-state index contributed by atoms with van der Waals surface area (Å²) in [4.78, 5) is 38.6. The molecule has 1 fully saturated rings. The van der Waals surface area contributed by atoms with Gasteiger partial charge in [0.1, 0.15) is 28.6 Å². The lowest BCUT2D eigenvalue weighted by Gasteiger charge is -2.43. The van der Waals surface area contributed by atoms with Crippen molar-refractivity contribution >= 4 is 23.3 Å². The third-order valence-electron chi connectivity index (χ3n) is 6.19. The molecule has 2 aromatic rings. The Labute approximate surface area is 197 Å². The fourth-order valence-electron chi connectivity index (χ4n) is 4.30. The molecule has 9 heteroatoms. The van der Waals surface area contributed by atoms with Gasteiger partial charge in [0.25, 0.3) is 5.91 Å². The monoisotopic (exact) mass is 468 g/mol. The number of nitrogens with zero attached hydrogens (tertiary/aromatic N) is 1. The highest BCUT2D eigenvalue weighted by Gasteiger charge is 2.43. The number of carbonyl (C=O) groups is 3. The van der Waals surface area contributed by atoms with Gasteiger partial charge in [0, 0.05) is 62.8 Å². The quantitative estimate of drug-likeness (QED) is 0.695. The standard InChI is InChI=1S/C25H28N2O7/c1-16(28)27-8-6-25(7-9-27)14-22(29)21-5-4-18(13-23(21)34-25)33-15-24(30)26-17-10-19(31-2)12-20(11-17)32-3/h4-5,10-13H,6-9,14-15H2,1-3H3,(H,26,30). The number of Topliss-reactive ketones (excluding diaryl/α,β-unsaturated/α-hetero) is 1. The molecule has 34 heavy (non-hydrogen) atoms. The van der Waals surface area contributed by atoms with Crippen LogP contribution in [0, 0.1) is 0 Å². The number of hydrogen-bond donors (Lipinski definition) is 1. The first kappa shape index (κ1) is 23.4. The average molecular weight is 469 g/mol. The van der Waals surface area contributed by atoms with E-state index < -0.39 is 5.60 Å². The molecule has 0 bridgehead atoms. The predicted octanol–water partition coefficient (Wildman–Crippen LogP) is 3.07. The number of nitrogens with one attached hydrogen (secondary N) is 1. The van der Waals surface area contributed by atoms with Gasteiger partial charge in [-0.05, 0) is 12.1 Å². The molecule has 2 aliphatic heterocycles. The molecule has 0 saturated carbocycles. The minimum Gasteiger partial charge on any atom is -0.497 e. The number of piperidine rings is 1. The fraction of sp³-hybridized carbons (Fsp3) is 0.400. The van der Waals surface area contributed by atoms with Gasteiger partial charge in [-0.2, -0.15) is 0 Å². The number of carbonyl (C=O) groups excluding carboxylic acids is 3. The summed E-state index contributed by atoms with van der Waals surface area (Å²) in [5.74, 6) is 1.64. The first-order chi connectivity index (χ1) is 16.3. The van der Waals surface area contributed by atoms with Gasteiger partial charge < -0.3 is 29.2 Å². The lowest BCUT2D eigenvalue weighted by molar-refractivity contribution is -0.132. The SMILES string of the molecule is COc1cc(NC(=O)COc2ccc3c(c2)OC2(CCN(C(C)=O)CC2)CC3=O)cc(OC)c1. The van der Waals surface area contributed by atoms with E-state index in [1.54, 1.807) is 48.2 Å². The van der Waals surface area contributed by atoms with Gasteiger partial charge >= 0.3 is 0 Å². The molecule has 2 heterocycles.